The van der Waals surface area contributed by atoms with Crippen molar-refractivity contribution in [3.8, 4) is 0 Å². The van der Waals surface area contributed by atoms with Gasteiger partial charge < -0.3 is 30.2 Å². The van der Waals surface area contributed by atoms with E-state index < -0.39 is 37.2 Å². The van der Waals surface area contributed by atoms with Crippen molar-refractivity contribution >= 4 is 11.8 Å². The zero-order chi connectivity index (χ0) is 18.3. The largest absolute Gasteiger partial charge is 0.394 e. The fourth-order valence-corrected chi connectivity index (χ4v) is 1.98. The van der Waals surface area contributed by atoms with E-state index in [4.69, 9.17) is 10.2 Å². The quantitative estimate of drug-likeness (QED) is 0.427. The van der Waals surface area contributed by atoms with E-state index in [2.05, 4.69) is 4.98 Å². The summed E-state index contributed by atoms with van der Waals surface area (Å²) in [5, 5.41) is 36.4. The molecule has 1 aromatic heterocycles. The second-order valence-electron chi connectivity index (χ2n) is 5.45. The van der Waals surface area contributed by atoms with E-state index in [0.717, 1.165) is 0 Å². The Morgan fingerprint density at radius 2 is 1.33 bits per heavy atom. The van der Waals surface area contributed by atoms with Crippen LogP contribution in [0.3, 0.4) is 0 Å². The van der Waals surface area contributed by atoms with Crippen LogP contribution in [-0.4, -0.2) is 99.6 Å². The minimum absolute atomic E-state index is 0.0181. The van der Waals surface area contributed by atoms with E-state index in [1.54, 1.807) is 0 Å². The van der Waals surface area contributed by atoms with Crippen LogP contribution in [0, 0.1) is 0 Å². The number of aliphatic hydroxyl groups excluding tert-OH is 4. The van der Waals surface area contributed by atoms with Crippen LogP contribution in [0.5, 0.6) is 0 Å². The molecule has 2 unspecified atom stereocenters. The van der Waals surface area contributed by atoms with E-state index in [-0.39, 0.29) is 24.5 Å². The van der Waals surface area contributed by atoms with E-state index in [1.807, 2.05) is 0 Å². The molecule has 0 fully saturated rings. The summed E-state index contributed by atoms with van der Waals surface area (Å²) in [6.07, 6.45) is -2.12. The maximum atomic E-state index is 12.2. The summed E-state index contributed by atoms with van der Waals surface area (Å²) in [6, 6.07) is 4.37. The molecule has 0 saturated carbocycles. The van der Waals surface area contributed by atoms with Crippen LogP contribution in [0.4, 0.5) is 0 Å². The van der Waals surface area contributed by atoms with Crippen LogP contribution >= 0.6 is 0 Å². The molecule has 0 radical (unpaired) electrons. The van der Waals surface area contributed by atoms with Gasteiger partial charge in [0.1, 0.15) is 11.4 Å². The van der Waals surface area contributed by atoms with Crippen molar-refractivity contribution in [1.29, 1.82) is 0 Å². The highest BCUT2D eigenvalue weighted by Gasteiger charge is 2.20. The predicted molar refractivity (Wildman–Crippen MR) is 84.3 cm³/mol. The lowest BCUT2D eigenvalue weighted by Gasteiger charge is -2.21. The molecule has 2 atom stereocenters. The Balaban J connectivity index is 2.85. The monoisotopic (exact) mass is 341 g/mol. The van der Waals surface area contributed by atoms with E-state index in [1.165, 1.54) is 42.1 Å². The highest BCUT2D eigenvalue weighted by Crippen LogP contribution is 2.06. The number of likely N-dealkylation sites (N-methyl/N-ethyl adjacent to an activating group) is 2. The van der Waals surface area contributed by atoms with Crippen molar-refractivity contribution in [3.63, 3.8) is 0 Å². The Hall–Kier alpha value is -2.07. The van der Waals surface area contributed by atoms with Gasteiger partial charge in [-0.25, -0.2) is 4.98 Å². The van der Waals surface area contributed by atoms with Crippen molar-refractivity contribution in [2.75, 3.05) is 40.4 Å². The zero-order valence-electron chi connectivity index (χ0n) is 13.7. The summed E-state index contributed by atoms with van der Waals surface area (Å²) in [7, 11) is 2.89. The predicted octanol–water partition coefficient (Wildman–Crippen LogP) is -2.07. The van der Waals surface area contributed by atoms with Crippen LogP contribution in [0.2, 0.25) is 0 Å². The van der Waals surface area contributed by atoms with E-state index in [0.29, 0.717) is 0 Å². The lowest BCUT2D eigenvalue weighted by Crippen LogP contribution is -2.37. The molecule has 0 aliphatic heterocycles. The molecule has 2 amide bonds. The first kappa shape index (κ1) is 20.0. The fourth-order valence-electron chi connectivity index (χ4n) is 1.98. The average molecular weight is 341 g/mol. The highest BCUT2D eigenvalue weighted by atomic mass is 16.3. The topological polar surface area (TPSA) is 134 Å². The molecule has 1 rings (SSSR count). The number of aliphatic hydroxyl groups is 4. The van der Waals surface area contributed by atoms with Crippen molar-refractivity contribution in [1.82, 2.24) is 14.8 Å². The molecule has 0 aromatic carbocycles. The molecule has 9 heteroatoms. The Bertz CT molecular complexity index is 523. The van der Waals surface area contributed by atoms with Crippen LogP contribution in [0.25, 0.3) is 0 Å². The summed E-state index contributed by atoms with van der Waals surface area (Å²) >= 11 is 0. The highest BCUT2D eigenvalue weighted by molar-refractivity contribution is 5.96. The van der Waals surface area contributed by atoms with Crippen LogP contribution in [-0.2, 0) is 0 Å². The first-order valence-electron chi connectivity index (χ1n) is 7.36. The first-order chi connectivity index (χ1) is 11.3. The number of nitrogens with zero attached hydrogens (tertiary/aromatic N) is 3. The Morgan fingerprint density at radius 3 is 1.67 bits per heavy atom. The molecular formula is C15H23N3O6. The number of hydrogen-bond acceptors (Lipinski definition) is 7. The lowest BCUT2D eigenvalue weighted by molar-refractivity contribution is 0.0509. The number of rotatable bonds is 8. The lowest BCUT2D eigenvalue weighted by atomic mass is 10.2. The Labute approximate surface area is 139 Å². The third-order valence-electron chi connectivity index (χ3n) is 3.27. The molecule has 0 saturated heterocycles. The molecule has 0 aliphatic rings. The Morgan fingerprint density at radius 1 is 0.958 bits per heavy atom. The van der Waals surface area contributed by atoms with Crippen molar-refractivity contribution < 1.29 is 30.0 Å². The number of hydrogen-bond donors (Lipinski definition) is 4. The molecule has 134 valence electrons. The van der Waals surface area contributed by atoms with Crippen LogP contribution in [0.1, 0.15) is 21.0 Å². The van der Waals surface area contributed by atoms with E-state index in [9.17, 15) is 19.8 Å². The van der Waals surface area contributed by atoms with Gasteiger partial charge >= 0.3 is 0 Å². The number of carbonyl (C=O) groups is 2. The second-order valence-corrected chi connectivity index (χ2v) is 5.45. The Kier molecular flexibility index (Phi) is 7.72. The average Bonchev–Trinajstić information content (AvgIpc) is 2.59. The van der Waals surface area contributed by atoms with E-state index >= 15 is 0 Å². The molecule has 1 aromatic rings. The maximum absolute atomic E-state index is 12.2. The van der Waals surface area contributed by atoms with Gasteiger partial charge in [-0.1, -0.05) is 6.07 Å². The minimum atomic E-state index is -1.06. The van der Waals surface area contributed by atoms with Crippen LogP contribution < -0.4 is 0 Å². The van der Waals surface area contributed by atoms with Crippen LogP contribution in [0.15, 0.2) is 18.2 Å². The normalized spacial score (nSPS) is 13.2. The number of carbonyl (C=O) groups excluding carboxylic acids is 2. The SMILES string of the molecule is CN(CC(O)CO)C(=O)c1cccc(C(=O)N(C)CC(O)CO)n1. The van der Waals surface area contributed by atoms with Gasteiger partial charge in [0.05, 0.1) is 25.4 Å². The molecule has 9 nitrogen and oxygen atoms in total. The van der Waals surface area contributed by atoms with Gasteiger partial charge in [-0.15, -0.1) is 0 Å². The van der Waals surface area contributed by atoms with Crippen molar-refractivity contribution in [2.45, 2.75) is 12.2 Å². The number of aromatic nitrogens is 1. The second kappa shape index (κ2) is 9.28. The molecule has 24 heavy (non-hydrogen) atoms. The van der Waals surface area contributed by atoms with Gasteiger partial charge in [0, 0.05) is 27.2 Å². The molecule has 0 bridgehead atoms. The summed E-state index contributed by atoms with van der Waals surface area (Å²) in [5.74, 6) is -1.01. The maximum Gasteiger partial charge on any atom is 0.272 e. The number of amides is 2. The van der Waals surface area contributed by atoms with Gasteiger partial charge in [0.15, 0.2) is 0 Å². The van der Waals surface area contributed by atoms with Gasteiger partial charge in [0.25, 0.3) is 11.8 Å². The van der Waals surface area contributed by atoms with Crippen molar-refractivity contribution in [2.24, 2.45) is 0 Å². The van der Waals surface area contributed by atoms with Gasteiger partial charge in [0.2, 0.25) is 0 Å². The standard InChI is InChI=1S/C15H23N3O6/c1-17(6-10(21)8-19)14(23)12-4-3-5-13(16-12)15(24)18(2)7-11(22)9-20/h3-5,10-11,19-22H,6-9H2,1-2H3. The molecule has 0 aliphatic carbocycles. The van der Waals surface area contributed by atoms with Gasteiger partial charge in [-0.2, -0.15) is 0 Å². The van der Waals surface area contributed by atoms with Gasteiger partial charge in [-0.3, -0.25) is 9.59 Å². The van der Waals surface area contributed by atoms with Gasteiger partial charge in [-0.05, 0) is 12.1 Å². The summed E-state index contributed by atoms with van der Waals surface area (Å²) in [5.41, 5.74) is 0.0363. The van der Waals surface area contributed by atoms with Crippen molar-refractivity contribution in [3.05, 3.63) is 29.6 Å². The smallest absolute Gasteiger partial charge is 0.272 e. The summed E-state index contributed by atoms with van der Waals surface area (Å²) < 4.78 is 0. The molecular weight excluding hydrogens is 318 g/mol. The zero-order valence-corrected chi connectivity index (χ0v) is 13.7. The molecule has 4 N–H and O–H groups in total. The third-order valence-corrected chi connectivity index (χ3v) is 3.27. The molecule has 0 spiro atoms. The summed E-state index contributed by atoms with van der Waals surface area (Å²) in [6.45, 7) is -1.08. The third kappa shape index (κ3) is 5.53. The number of pyridine rings is 1. The molecule has 1 heterocycles. The minimum Gasteiger partial charge on any atom is -0.394 e. The summed E-state index contributed by atoms with van der Waals surface area (Å²) in [4.78, 5) is 30.9. The first-order valence-corrected chi connectivity index (χ1v) is 7.36. The fraction of sp³-hybridized carbons (Fsp3) is 0.533.